The van der Waals surface area contributed by atoms with Crippen molar-refractivity contribution >= 4 is 11.7 Å². The van der Waals surface area contributed by atoms with Crippen LogP contribution in [0.2, 0.25) is 0 Å². The van der Waals surface area contributed by atoms with Gasteiger partial charge in [0.2, 0.25) is 0 Å². The van der Waals surface area contributed by atoms with Crippen LogP contribution in [0.5, 0.6) is 0 Å². The number of carbonyl (C=O) groups excluding carboxylic acids is 1. The molecule has 2 rings (SSSR count). The molecule has 0 saturated heterocycles. The fourth-order valence-corrected chi connectivity index (χ4v) is 1.75. The molecule has 0 aliphatic heterocycles. The Bertz CT molecular complexity index is 541. The van der Waals surface area contributed by atoms with Crippen LogP contribution in [0, 0.1) is 0 Å². The number of rotatable bonds is 2. The molecule has 4 nitrogen and oxygen atoms in total. The average Bonchev–Trinajstić information content (AvgIpc) is 2.71. The first-order valence-corrected chi connectivity index (χ1v) is 5.22. The molecule has 2 aromatic rings. The molecular formula is C13H14N2O2. The van der Waals surface area contributed by atoms with Crippen LogP contribution in [-0.2, 0) is 11.8 Å². The normalized spacial score (nSPS) is 10.2. The molecule has 17 heavy (non-hydrogen) atoms. The van der Waals surface area contributed by atoms with Gasteiger partial charge in [-0.1, -0.05) is 12.1 Å². The molecule has 0 aliphatic rings. The minimum Gasteiger partial charge on any atom is -0.465 e. The molecular weight excluding hydrogens is 216 g/mol. The fraction of sp³-hybridized carbons (Fsp3) is 0.154. The van der Waals surface area contributed by atoms with E-state index in [1.807, 2.05) is 42.1 Å². The van der Waals surface area contributed by atoms with Gasteiger partial charge in [0, 0.05) is 30.7 Å². The highest BCUT2D eigenvalue weighted by Gasteiger charge is 2.15. The van der Waals surface area contributed by atoms with Gasteiger partial charge in [0.15, 0.2) is 0 Å². The van der Waals surface area contributed by atoms with Gasteiger partial charge in [-0.25, -0.2) is 4.79 Å². The third-order valence-corrected chi connectivity index (χ3v) is 2.58. The van der Waals surface area contributed by atoms with Gasteiger partial charge in [-0.15, -0.1) is 0 Å². The van der Waals surface area contributed by atoms with Crippen molar-refractivity contribution < 1.29 is 9.53 Å². The maximum atomic E-state index is 11.6. The van der Waals surface area contributed by atoms with E-state index < -0.39 is 0 Å². The summed E-state index contributed by atoms with van der Waals surface area (Å²) in [4.78, 5) is 11.6. The molecule has 1 aromatic carbocycles. The van der Waals surface area contributed by atoms with Crippen molar-refractivity contribution in [2.45, 2.75) is 0 Å². The molecule has 0 radical (unpaired) electrons. The van der Waals surface area contributed by atoms with Crippen LogP contribution in [0.3, 0.4) is 0 Å². The van der Waals surface area contributed by atoms with E-state index in [9.17, 15) is 4.79 Å². The lowest BCUT2D eigenvalue weighted by Crippen LogP contribution is -2.01. The van der Waals surface area contributed by atoms with E-state index in [4.69, 9.17) is 10.5 Å². The number of anilines is 1. The number of carbonyl (C=O) groups is 1. The number of nitrogens with two attached hydrogens (primary N) is 1. The Morgan fingerprint density at radius 2 is 1.88 bits per heavy atom. The Hall–Kier alpha value is -2.23. The van der Waals surface area contributed by atoms with Gasteiger partial charge >= 0.3 is 5.97 Å². The van der Waals surface area contributed by atoms with Crippen LogP contribution >= 0.6 is 0 Å². The summed E-state index contributed by atoms with van der Waals surface area (Å²) in [6, 6.07) is 7.39. The number of aryl methyl sites for hydroxylation is 1. The van der Waals surface area contributed by atoms with Gasteiger partial charge in [-0.2, -0.15) is 0 Å². The standard InChI is InChI=1S/C13H14N2O2/c1-15-7-11(12(8-15)13(16)17-2)9-3-5-10(14)6-4-9/h3-8H,14H2,1-2H3. The number of methoxy groups -OCH3 is 1. The molecule has 0 atom stereocenters. The van der Waals surface area contributed by atoms with Gasteiger partial charge in [0.25, 0.3) is 0 Å². The van der Waals surface area contributed by atoms with Gasteiger partial charge in [0.1, 0.15) is 0 Å². The number of nitrogen functional groups attached to an aromatic ring is 1. The van der Waals surface area contributed by atoms with Gasteiger partial charge < -0.3 is 15.0 Å². The average molecular weight is 230 g/mol. The molecule has 88 valence electrons. The second kappa shape index (κ2) is 4.33. The molecule has 0 saturated carbocycles. The Kier molecular flexibility index (Phi) is 2.87. The lowest BCUT2D eigenvalue weighted by atomic mass is 10.0. The summed E-state index contributed by atoms with van der Waals surface area (Å²) >= 11 is 0. The third kappa shape index (κ3) is 2.15. The summed E-state index contributed by atoms with van der Waals surface area (Å²) in [5, 5.41) is 0. The molecule has 0 bridgehead atoms. The maximum absolute atomic E-state index is 11.6. The number of hydrogen-bond acceptors (Lipinski definition) is 3. The van der Waals surface area contributed by atoms with Crippen molar-refractivity contribution in [3.8, 4) is 11.1 Å². The lowest BCUT2D eigenvalue weighted by molar-refractivity contribution is 0.0601. The first kappa shape index (κ1) is 11.3. The second-order valence-electron chi connectivity index (χ2n) is 3.86. The predicted octanol–water partition coefficient (Wildman–Crippen LogP) is 2.06. The molecule has 0 aliphatic carbocycles. The predicted molar refractivity (Wildman–Crippen MR) is 66.6 cm³/mol. The first-order valence-electron chi connectivity index (χ1n) is 5.22. The number of benzene rings is 1. The van der Waals surface area contributed by atoms with E-state index in [0.29, 0.717) is 11.3 Å². The smallest absolute Gasteiger partial charge is 0.340 e. The minimum atomic E-state index is -0.336. The lowest BCUT2D eigenvalue weighted by Gasteiger charge is -2.02. The minimum absolute atomic E-state index is 0.336. The summed E-state index contributed by atoms with van der Waals surface area (Å²) in [6.07, 6.45) is 3.63. The van der Waals surface area contributed by atoms with Crippen LogP contribution in [-0.4, -0.2) is 17.6 Å². The fourth-order valence-electron chi connectivity index (χ4n) is 1.75. The maximum Gasteiger partial charge on any atom is 0.340 e. The highest BCUT2D eigenvalue weighted by molar-refractivity contribution is 5.97. The van der Waals surface area contributed by atoms with E-state index in [0.717, 1.165) is 11.1 Å². The second-order valence-corrected chi connectivity index (χ2v) is 3.86. The molecule has 2 N–H and O–H groups in total. The summed E-state index contributed by atoms with van der Waals surface area (Å²) in [5.74, 6) is -0.336. The topological polar surface area (TPSA) is 57.2 Å². The summed E-state index contributed by atoms with van der Waals surface area (Å²) < 4.78 is 6.59. The van der Waals surface area contributed by atoms with Crippen molar-refractivity contribution in [2.24, 2.45) is 7.05 Å². The van der Waals surface area contributed by atoms with E-state index in [1.54, 1.807) is 6.20 Å². The highest BCUT2D eigenvalue weighted by atomic mass is 16.5. The zero-order valence-electron chi connectivity index (χ0n) is 9.81. The van der Waals surface area contributed by atoms with Crippen LogP contribution in [0.15, 0.2) is 36.7 Å². The van der Waals surface area contributed by atoms with Gasteiger partial charge in [-0.05, 0) is 17.7 Å². The zero-order valence-corrected chi connectivity index (χ0v) is 9.81. The van der Waals surface area contributed by atoms with Crippen molar-refractivity contribution in [2.75, 3.05) is 12.8 Å². The SMILES string of the molecule is COC(=O)c1cn(C)cc1-c1ccc(N)cc1. The quantitative estimate of drug-likeness (QED) is 0.634. The number of esters is 1. The Morgan fingerprint density at radius 1 is 1.24 bits per heavy atom. The molecule has 1 heterocycles. The monoisotopic (exact) mass is 230 g/mol. The zero-order chi connectivity index (χ0) is 12.4. The van der Waals surface area contributed by atoms with Gasteiger partial charge in [-0.3, -0.25) is 0 Å². The summed E-state index contributed by atoms with van der Waals surface area (Å²) in [5.41, 5.74) is 8.68. The Labute approximate surface area is 99.6 Å². The number of aromatic nitrogens is 1. The van der Waals surface area contributed by atoms with E-state index in [1.165, 1.54) is 7.11 Å². The molecule has 0 spiro atoms. The van der Waals surface area contributed by atoms with Crippen LogP contribution in [0.1, 0.15) is 10.4 Å². The number of ether oxygens (including phenoxy) is 1. The van der Waals surface area contributed by atoms with Gasteiger partial charge in [0.05, 0.1) is 12.7 Å². The van der Waals surface area contributed by atoms with Crippen LogP contribution in [0.4, 0.5) is 5.69 Å². The largest absolute Gasteiger partial charge is 0.465 e. The molecule has 4 heteroatoms. The van der Waals surface area contributed by atoms with Crippen molar-refractivity contribution in [1.82, 2.24) is 4.57 Å². The van der Waals surface area contributed by atoms with E-state index in [-0.39, 0.29) is 5.97 Å². The molecule has 0 unspecified atom stereocenters. The molecule has 0 fully saturated rings. The van der Waals surface area contributed by atoms with E-state index in [2.05, 4.69) is 0 Å². The number of hydrogen-bond donors (Lipinski definition) is 1. The van der Waals surface area contributed by atoms with Crippen molar-refractivity contribution in [3.05, 3.63) is 42.2 Å². The summed E-state index contributed by atoms with van der Waals surface area (Å²) in [6.45, 7) is 0. The first-order chi connectivity index (χ1) is 8.11. The Morgan fingerprint density at radius 3 is 2.47 bits per heavy atom. The van der Waals surface area contributed by atoms with Crippen molar-refractivity contribution in [3.63, 3.8) is 0 Å². The van der Waals surface area contributed by atoms with E-state index >= 15 is 0 Å². The van der Waals surface area contributed by atoms with Crippen LogP contribution < -0.4 is 5.73 Å². The Balaban J connectivity index is 2.51. The molecule has 0 amide bonds. The number of nitrogens with zero attached hydrogens (tertiary/aromatic N) is 1. The van der Waals surface area contributed by atoms with Crippen molar-refractivity contribution in [1.29, 1.82) is 0 Å². The summed E-state index contributed by atoms with van der Waals surface area (Å²) in [7, 11) is 3.25. The molecule has 1 aromatic heterocycles. The highest BCUT2D eigenvalue weighted by Crippen LogP contribution is 2.25. The third-order valence-electron chi connectivity index (χ3n) is 2.58. The van der Waals surface area contributed by atoms with Crippen LogP contribution in [0.25, 0.3) is 11.1 Å².